The number of aliphatic hydroxyl groups is 1. The minimum absolute atomic E-state index is 0.0757. The number of rotatable bonds is 8. The summed E-state index contributed by atoms with van der Waals surface area (Å²) in [4.78, 5) is 19.6. The van der Waals surface area contributed by atoms with Crippen LogP contribution in [0.5, 0.6) is 5.75 Å². The molecule has 0 spiro atoms. The van der Waals surface area contributed by atoms with Crippen molar-refractivity contribution in [3.63, 3.8) is 0 Å². The van der Waals surface area contributed by atoms with Gasteiger partial charge in [0.1, 0.15) is 28.2 Å². The van der Waals surface area contributed by atoms with Crippen LogP contribution in [0.1, 0.15) is 22.6 Å². The second kappa shape index (κ2) is 8.89. The monoisotopic (exact) mass is 439 g/mol. The van der Waals surface area contributed by atoms with Gasteiger partial charge in [0.25, 0.3) is 0 Å². The van der Waals surface area contributed by atoms with Crippen LogP contribution in [-0.4, -0.2) is 48.3 Å². The predicted octanol–water partition coefficient (Wildman–Crippen LogP) is 2.37. The maximum atomic E-state index is 11.1. The van der Waals surface area contributed by atoms with E-state index in [1.54, 1.807) is 36.9 Å². The Bertz CT molecular complexity index is 1270. The summed E-state index contributed by atoms with van der Waals surface area (Å²) in [5, 5.41) is 32.1. The van der Waals surface area contributed by atoms with E-state index in [2.05, 4.69) is 30.9 Å². The van der Waals surface area contributed by atoms with Crippen LogP contribution >= 0.6 is 0 Å². The number of benzene rings is 1. The molecule has 12 nitrogen and oxygen atoms in total. The zero-order valence-corrected chi connectivity index (χ0v) is 17.4. The van der Waals surface area contributed by atoms with E-state index in [4.69, 9.17) is 14.4 Å². The van der Waals surface area contributed by atoms with Gasteiger partial charge in [-0.05, 0) is 18.6 Å². The lowest BCUT2D eigenvalue weighted by atomic mass is 10.1. The number of carboxylic acid groups (broad SMARTS) is 1. The van der Waals surface area contributed by atoms with Gasteiger partial charge in [-0.3, -0.25) is 10.00 Å². The summed E-state index contributed by atoms with van der Waals surface area (Å²) in [6, 6.07) is 7.20. The van der Waals surface area contributed by atoms with Crippen LogP contribution in [-0.2, 0) is 19.7 Å². The van der Waals surface area contributed by atoms with E-state index in [1.807, 2.05) is 6.07 Å². The molecule has 0 radical (unpaired) electrons. The molecule has 0 aliphatic rings. The summed E-state index contributed by atoms with van der Waals surface area (Å²) in [5.41, 5.74) is 3.26. The first kappa shape index (κ1) is 21.1. The summed E-state index contributed by atoms with van der Waals surface area (Å²) < 4.78 is 12.2. The van der Waals surface area contributed by atoms with Crippen molar-refractivity contribution in [2.45, 2.75) is 26.6 Å². The molecule has 32 heavy (non-hydrogen) atoms. The predicted molar refractivity (Wildman–Crippen MR) is 114 cm³/mol. The number of ether oxygens (including phenoxy) is 1. The van der Waals surface area contributed by atoms with Crippen LogP contribution in [0.4, 0.5) is 16.6 Å². The maximum absolute atomic E-state index is 11.1. The Hall–Kier alpha value is -4.19. The van der Waals surface area contributed by atoms with E-state index in [-0.39, 0.29) is 12.6 Å². The molecule has 4 aromatic rings. The van der Waals surface area contributed by atoms with E-state index in [0.29, 0.717) is 47.1 Å². The van der Waals surface area contributed by atoms with E-state index in [0.717, 1.165) is 11.1 Å². The molecule has 0 saturated carbocycles. The highest BCUT2D eigenvalue weighted by atomic mass is 16.5. The number of aliphatic hydroxyl groups excluding tert-OH is 1. The third kappa shape index (κ3) is 4.44. The van der Waals surface area contributed by atoms with Crippen molar-refractivity contribution in [2.24, 2.45) is 0 Å². The minimum Gasteiger partial charge on any atom is -0.496 e. The molecule has 1 amide bonds. The van der Waals surface area contributed by atoms with Gasteiger partial charge in [-0.15, -0.1) is 0 Å². The average molecular weight is 439 g/mol. The van der Waals surface area contributed by atoms with E-state index in [9.17, 15) is 9.90 Å². The number of fused-ring (bicyclic) bond motifs is 1. The normalized spacial score (nSPS) is 11.0. The topological polar surface area (TPSA) is 160 Å². The Morgan fingerprint density at radius 1 is 1.28 bits per heavy atom. The Morgan fingerprint density at radius 3 is 2.81 bits per heavy atom. The number of amides is 1. The quantitative estimate of drug-likeness (QED) is 0.321. The van der Waals surface area contributed by atoms with Gasteiger partial charge >= 0.3 is 6.09 Å². The number of hydrogen-bond donors (Lipinski definition) is 4. The molecule has 1 aromatic carbocycles. The van der Waals surface area contributed by atoms with Crippen LogP contribution in [0.15, 0.2) is 35.0 Å². The largest absolute Gasteiger partial charge is 0.496 e. The third-order valence-electron chi connectivity index (χ3n) is 4.68. The third-order valence-corrected chi connectivity index (χ3v) is 4.68. The van der Waals surface area contributed by atoms with Gasteiger partial charge < -0.3 is 24.8 Å². The first-order chi connectivity index (χ1) is 15.5. The Balaban J connectivity index is 1.72. The zero-order chi connectivity index (χ0) is 22.7. The number of aryl methyl sites for hydroxylation is 1. The SMILES string of the molecule is COc1cc(CO)ccc1Cn1ncc2nc(NC(=O)O)nc(NCc3cc(C)on3)c21. The minimum atomic E-state index is -1.27. The molecular weight excluding hydrogens is 418 g/mol. The average Bonchev–Trinajstić information content (AvgIpc) is 3.37. The highest BCUT2D eigenvalue weighted by Gasteiger charge is 2.17. The summed E-state index contributed by atoms with van der Waals surface area (Å²) in [5.74, 6) is 1.58. The molecular formula is C20H21N7O5. The molecule has 4 N–H and O–H groups in total. The standard InChI is InChI=1S/C20H21N7O5/c1-11-5-14(26-32-11)7-21-18-17-15(23-19(24-18)25-20(29)30)8-22-27(17)9-13-4-3-12(10-28)6-16(13)31-2/h3-6,8,28H,7,9-10H2,1-2H3,(H,29,30)(H2,21,23,24,25). The molecule has 0 bridgehead atoms. The number of nitrogens with one attached hydrogen (secondary N) is 2. The molecule has 0 fully saturated rings. The Kier molecular flexibility index (Phi) is 5.85. The van der Waals surface area contributed by atoms with Crippen molar-refractivity contribution in [3.05, 3.63) is 53.0 Å². The molecule has 3 heterocycles. The summed E-state index contributed by atoms with van der Waals surface area (Å²) in [6.07, 6.45) is 0.257. The molecule has 3 aromatic heterocycles. The smallest absolute Gasteiger partial charge is 0.411 e. The van der Waals surface area contributed by atoms with Crippen molar-refractivity contribution in [2.75, 3.05) is 17.7 Å². The first-order valence-electron chi connectivity index (χ1n) is 9.63. The van der Waals surface area contributed by atoms with Gasteiger partial charge in [0, 0.05) is 11.6 Å². The lowest BCUT2D eigenvalue weighted by Crippen LogP contribution is -2.13. The van der Waals surface area contributed by atoms with Gasteiger partial charge in [0.05, 0.1) is 33.0 Å². The van der Waals surface area contributed by atoms with Crippen LogP contribution in [0.2, 0.25) is 0 Å². The highest BCUT2D eigenvalue weighted by molar-refractivity contribution is 5.89. The highest BCUT2D eigenvalue weighted by Crippen LogP contribution is 2.26. The number of anilines is 2. The first-order valence-corrected chi connectivity index (χ1v) is 9.63. The van der Waals surface area contributed by atoms with Gasteiger partial charge in [0.2, 0.25) is 5.95 Å². The lowest BCUT2D eigenvalue weighted by Gasteiger charge is -2.13. The fraction of sp³-hybridized carbons (Fsp3) is 0.250. The number of hydrogen-bond acceptors (Lipinski definition) is 9. The molecule has 0 aliphatic heterocycles. The van der Waals surface area contributed by atoms with E-state index < -0.39 is 6.09 Å². The van der Waals surface area contributed by atoms with E-state index in [1.165, 1.54) is 6.20 Å². The van der Waals surface area contributed by atoms with Gasteiger partial charge in [0.15, 0.2) is 5.82 Å². The maximum Gasteiger partial charge on any atom is 0.411 e. The summed E-state index contributed by atoms with van der Waals surface area (Å²) in [7, 11) is 1.56. The van der Waals surface area contributed by atoms with Crippen molar-refractivity contribution in [1.82, 2.24) is 24.9 Å². The van der Waals surface area contributed by atoms with E-state index >= 15 is 0 Å². The molecule has 0 aliphatic carbocycles. The van der Waals surface area contributed by atoms with Crippen molar-refractivity contribution in [1.29, 1.82) is 0 Å². The molecule has 0 saturated heterocycles. The van der Waals surface area contributed by atoms with Crippen molar-refractivity contribution < 1.29 is 24.3 Å². The summed E-state index contributed by atoms with van der Waals surface area (Å²) in [6.45, 7) is 2.34. The van der Waals surface area contributed by atoms with Crippen molar-refractivity contribution >= 4 is 28.9 Å². The molecule has 12 heteroatoms. The van der Waals surface area contributed by atoms with Crippen molar-refractivity contribution in [3.8, 4) is 5.75 Å². The number of methoxy groups -OCH3 is 1. The summed E-state index contributed by atoms with van der Waals surface area (Å²) >= 11 is 0. The zero-order valence-electron chi connectivity index (χ0n) is 17.4. The van der Waals surface area contributed by atoms with Crippen LogP contribution < -0.4 is 15.4 Å². The Labute approximate surface area is 181 Å². The second-order valence-electron chi connectivity index (χ2n) is 6.95. The van der Waals surface area contributed by atoms with Gasteiger partial charge in [-0.25, -0.2) is 9.78 Å². The second-order valence-corrected chi connectivity index (χ2v) is 6.95. The van der Waals surface area contributed by atoms with Crippen LogP contribution in [0.25, 0.3) is 11.0 Å². The molecule has 0 atom stereocenters. The fourth-order valence-electron chi connectivity index (χ4n) is 3.25. The lowest BCUT2D eigenvalue weighted by molar-refractivity contribution is 0.209. The molecule has 4 rings (SSSR count). The van der Waals surface area contributed by atoms with Gasteiger partial charge in [-0.2, -0.15) is 10.1 Å². The van der Waals surface area contributed by atoms with Crippen LogP contribution in [0, 0.1) is 6.92 Å². The number of aromatic nitrogens is 5. The molecule has 0 unspecified atom stereocenters. The van der Waals surface area contributed by atoms with Gasteiger partial charge in [-0.1, -0.05) is 17.3 Å². The fourth-order valence-corrected chi connectivity index (χ4v) is 3.25. The number of carbonyl (C=O) groups is 1. The van der Waals surface area contributed by atoms with Crippen LogP contribution in [0.3, 0.4) is 0 Å². The Morgan fingerprint density at radius 2 is 2.12 bits per heavy atom. The molecule has 166 valence electrons. The number of nitrogens with zero attached hydrogens (tertiary/aromatic N) is 5.